The molecule has 1 aromatic carbocycles. The molecule has 0 spiro atoms. The average Bonchev–Trinajstić information content (AvgIpc) is 3.46. The van der Waals surface area contributed by atoms with Gasteiger partial charge in [0.25, 0.3) is 0 Å². The quantitative estimate of drug-likeness (QED) is 0.530. The van der Waals surface area contributed by atoms with E-state index < -0.39 is 12.2 Å². The van der Waals surface area contributed by atoms with E-state index >= 15 is 0 Å². The molecule has 0 bridgehead atoms. The molecule has 5 rings (SSSR count). The van der Waals surface area contributed by atoms with Gasteiger partial charge >= 0.3 is 0 Å². The number of pyridine rings is 1. The van der Waals surface area contributed by atoms with E-state index in [1.165, 1.54) is 10.4 Å². The molecule has 1 fully saturated rings. The molecular formula is C22H21N3O3S. The van der Waals surface area contributed by atoms with Gasteiger partial charge in [-0.2, -0.15) is 0 Å². The topological polar surface area (TPSA) is 80.4 Å². The number of aliphatic hydroxyl groups is 2. The molecule has 2 N–H and O–H groups in total. The summed E-state index contributed by atoms with van der Waals surface area (Å²) in [6, 6.07) is 16.7. The Kier molecular flexibility index (Phi) is 4.89. The molecule has 29 heavy (non-hydrogen) atoms. The Hall–Kier alpha value is -2.58. The van der Waals surface area contributed by atoms with Crippen LogP contribution in [0.15, 0.2) is 61.1 Å². The Bertz CT molecular complexity index is 1120. The first-order valence-corrected chi connectivity index (χ1v) is 10.4. The predicted molar refractivity (Wildman–Crippen MR) is 112 cm³/mol. The van der Waals surface area contributed by atoms with Gasteiger partial charge in [0.2, 0.25) is 0 Å². The third kappa shape index (κ3) is 3.47. The van der Waals surface area contributed by atoms with Crippen molar-refractivity contribution in [3.05, 3.63) is 71.5 Å². The third-order valence-corrected chi connectivity index (χ3v) is 6.42. The number of thiophene rings is 1. The van der Waals surface area contributed by atoms with Gasteiger partial charge in [-0.3, -0.25) is 4.57 Å². The summed E-state index contributed by atoms with van der Waals surface area (Å²) in [5.41, 5.74) is 3.86. The zero-order valence-electron chi connectivity index (χ0n) is 15.7. The van der Waals surface area contributed by atoms with Crippen LogP contribution in [0.25, 0.3) is 21.6 Å². The number of benzene rings is 1. The number of hydrogen-bond donors (Lipinski definition) is 2. The van der Waals surface area contributed by atoms with Gasteiger partial charge in [0.1, 0.15) is 17.8 Å². The zero-order valence-corrected chi connectivity index (χ0v) is 16.5. The van der Waals surface area contributed by atoms with E-state index in [9.17, 15) is 10.2 Å². The minimum absolute atomic E-state index is 0.206. The highest BCUT2D eigenvalue weighted by atomic mass is 32.1. The molecule has 4 aromatic rings. The average molecular weight is 407 g/mol. The second-order valence-corrected chi connectivity index (χ2v) is 8.39. The van der Waals surface area contributed by atoms with Crippen LogP contribution in [0.5, 0.6) is 0 Å². The van der Waals surface area contributed by atoms with Crippen LogP contribution >= 0.6 is 11.3 Å². The molecule has 4 heterocycles. The van der Waals surface area contributed by atoms with Gasteiger partial charge in [0.05, 0.1) is 19.0 Å². The fourth-order valence-electron chi connectivity index (χ4n) is 3.81. The van der Waals surface area contributed by atoms with Crippen molar-refractivity contribution in [2.75, 3.05) is 6.61 Å². The van der Waals surface area contributed by atoms with Crippen molar-refractivity contribution in [3.63, 3.8) is 0 Å². The van der Waals surface area contributed by atoms with Crippen LogP contribution in [0.1, 0.15) is 23.1 Å². The summed E-state index contributed by atoms with van der Waals surface area (Å²) in [5.74, 6) is 0. The fourth-order valence-corrected chi connectivity index (χ4v) is 4.88. The molecule has 3 atom stereocenters. The second-order valence-electron chi connectivity index (χ2n) is 7.23. The fraction of sp³-hybridized carbons (Fsp3) is 0.273. The third-order valence-electron chi connectivity index (χ3n) is 5.30. The van der Waals surface area contributed by atoms with Crippen LogP contribution in [0.3, 0.4) is 0 Å². The van der Waals surface area contributed by atoms with E-state index in [0.29, 0.717) is 6.42 Å². The van der Waals surface area contributed by atoms with Gasteiger partial charge < -0.3 is 14.9 Å². The van der Waals surface area contributed by atoms with Gasteiger partial charge in [0.15, 0.2) is 5.65 Å². The monoisotopic (exact) mass is 407 g/mol. The van der Waals surface area contributed by atoms with Crippen molar-refractivity contribution in [1.82, 2.24) is 14.5 Å². The summed E-state index contributed by atoms with van der Waals surface area (Å²) in [6.07, 6.45) is 3.15. The first kappa shape index (κ1) is 18.4. The van der Waals surface area contributed by atoms with Crippen molar-refractivity contribution in [3.8, 4) is 10.4 Å². The van der Waals surface area contributed by atoms with E-state index in [1.54, 1.807) is 23.9 Å². The molecule has 0 radical (unpaired) electrons. The maximum atomic E-state index is 10.0. The number of fused-ring (bicyclic) bond motifs is 1. The van der Waals surface area contributed by atoms with Gasteiger partial charge in [0, 0.05) is 34.4 Å². The molecule has 1 aliphatic heterocycles. The van der Waals surface area contributed by atoms with Crippen molar-refractivity contribution in [2.24, 2.45) is 0 Å². The summed E-state index contributed by atoms with van der Waals surface area (Å²) in [5, 5.41) is 19.4. The van der Waals surface area contributed by atoms with Crippen molar-refractivity contribution >= 4 is 22.5 Å². The van der Waals surface area contributed by atoms with E-state index in [1.807, 2.05) is 16.7 Å². The first-order chi connectivity index (χ1) is 14.2. The van der Waals surface area contributed by atoms with Crippen LogP contribution in [0.2, 0.25) is 0 Å². The van der Waals surface area contributed by atoms with Crippen molar-refractivity contribution in [1.29, 1.82) is 0 Å². The Morgan fingerprint density at radius 1 is 1.10 bits per heavy atom. The molecular weight excluding hydrogens is 386 g/mol. The predicted octanol–water partition coefficient (Wildman–Crippen LogP) is 3.39. The molecule has 1 unspecified atom stereocenters. The molecule has 3 aromatic heterocycles. The molecule has 0 aliphatic carbocycles. The number of nitrogens with zero attached hydrogens (tertiary/aromatic N) is 3. The molecule has 6 nitrogen and oxygen atoms in total. The first-order valence-electron chi connectivity index (χ1n) is 9.62. The molecule has 7 heteroatoms. The lowest BCUT2D eigenvalue weighted by Crippen LogP contribution is -2.24. The SMILES string of the molecule is OC[C@H]1O[C@@H](n2cnc3c(-c4ccc(Cc5ccccc5)s4)ccnc32)CC1O. The lowest BCUT2D eigenvalue weighted by Gasteiger charge is -2.13. The lowest BCUT2D eigenvalue weighted by atomic mass is 10.1. The molecule has 0 amide bonds. The van der Waals surface area contributed by atoms with E-state index in [4.69, 9.17) is 4.74 Å². The number of rotatable bonds is 5. The molecule has 1 aliphatic rings. The molecule has 148 valence electrons. The smallest absolute Gasteiger partial charge is 0.162 e. The van der Waals surface area contributed by atoms with E-state index in [0.717, 1.165) is 28.0 Å². The van der Waals surface area contributed by atoms with Gasteiger partial charge in [-0.25, -0.2) is 9.97 Å². The van der Waals surface area contributed by atoms with Crippen molar-refractivity contribution in [2.45, 2.75) is 31.3 Å². The Labute approximate surface area is 172 Å². The minimum atomic E-state index is -0.691. The van der Waals surface area contributed by atoms with Gasteiger partial charge in [-0.05, 0) is 23.8 Å². The summed E-state index contributed by atoms with van der Waals surface area (Å²) in [6.45, 7) is -0.206. The highest BCUT2D eigenvalue weighted by Crippen LogP contribution is 2.36. The highest BCUT2D eigenvalue weighted by molar-refractivity contribution is 7.15. The van der Waals surface area contributed by atoms with E-state index in [2.05, 4.69) is 46.4 Å². The zero-order chi connectivity index (χ0) is 19.8. The second kappa shape index (κ2) is 7.68. The maximum absolute atomic E-state index is 10.0. The van der Waals surface area contributed by atoms with E-state index in [-0.39, 0.29) is 12.8 Å². The minimum Gasteiger partial charge on any atom is -0.394 e. The number of imidazole rings is 1. The number of aliphatic hydroxyl groups excluding tert-OH is 2. The van der Waals surface area contributed by atoms with Gasteiger partial charge in [-0.1, -0.05) is 30.3 Å². The normalized spacial score (nSPS) is 21.8. The van der Waals surface area contributed by atoms with Crippen LogP contribution in [-0.2, 0) is 11.2 Å². The summed E-state index contributed by atoms with van der Waals surface area (Å²) < 4.78 is 7.62. The molecule has 0 saturated carbocycles. The van der Waals surface area contributed by atoms with Crippen LogP contribution in [-0.4, -0.2) is 43.6 Å². The molecule has 1 saturated heterocycles. The number of hydrogen-bond acceptors (Lipinski definition) is 6. The number of aromatic nitrogens is 3. The summed E-state index contributed by atoms with van der Waals surface area (Å²) in [7, 11) is 0. The lowest BCUT2D eigenvalue weighted by molar-refractivity contribution is -0.0432. The largest absolute Gasteiger partial charge is 0.394 e. The van der Waals surface area contributed by atoms with Crippen LogP contribution in [0.4, 0.5) is 0 Å². The van der Waals surface area contributed by atoms with Gasteiger partial charge in [-0.15, -0.1) is 11.3 Å². The summed E-state index contributed by atoms with van der Waals surface area (Å²) >= 11 is 1.76. The highest BCUT2D eigenvalue weighted by Gasteiger charge is 2.35. The maximum Gasteiger partial charge on any atom is 0.162 e. The Balaban J connectivity index is 1.46. The van der Waals surface area contributed by atoms with Crippen LogP contribution < -0.4 is 0 Å². The Morgan fingerprint density at radius 2 is 1.97 bits per heavy atom. The summed E-state index contributed by atoms with van der Waals surface area (Å²) in [4.78, 5) is 11.5. The van der Waals surface area contributed by atoms with Crippen molar-refractivity contribution < 1.29 is 14.9 Å². The van der Waals surface area contributed by atoms with Crippen LogP contribution in [0, 0.1) is 0 Å². The Morgan fingerprint density at radius 3 is 2.76 bits per heavy atom. The standard InChI is InChI=1S/C22H21N3O3S/c26-12-18-17(27)11-20(28-18)25-13-24-21-16(8-9-23-22(21)25)19-7-6-15(29-19)10-14-4-2-1-3-5-14/h1-9,13,17-18,20,26-27H,10-12H2/t17?,18-,20-/m1/s1. The number of ether oxygens (including phenoxy) is 1.